The van der Waals surface area contributed by atoms with Crippen molar-refractivity contribution in [3.05, 3.63) is 17.5 Å². The van der Waals surface area contributed by atoms with Gasteiger partial charge in [-0.1, -0.05) is 34.9 Å². The van der Waals surface area contributed by atoms with Crippen LogP contribution in [0.2, 0.25) is 0 Å². The van der Waals surface area contributed by atoms with E-state index in [1.54, 1.807) is 0 Å². The number of aromatic nitrogens is 1. The van der Waals surface area contributed by atoms with Gasteiger partial charge in [-0.25, -0.2) is 0 Å². The molecular formula is C8H12BrNO. The summed E-state index contributed by atoms with van der Waals surface area (Å²) in [6.07, 6.45) is 0.972. The molecule has 0 N–H and O–H groups in total. The van der Waals surface area contributed by atoms with Gasteiger partial charge >= 0.3 is 0 Å². The second kappa shape index (κ2) is 3.90. The molecule has 0 aliphatic heterocycles. The highest BCUT2D eigenvalue weighted by Gasteiger charge is 2.04. The van der Waals surface area contributed by atoms with Crippen LogP contribution in [0.3, 0.4) is 0 Å². The molecule has 0 atom stereocenters. The molecule has 1 aromatic heterocycles. The first-order chi connectivity index (χ1) is 5.22. The van der Waals surface area contributed by atoms with E-state index in [0.717, 1.165) is 23.2 Å². The molecule has 1 rings (SSSR count). The Morgan fingerprint density at radius 1 is 1.64 bits per heavy atom. The van der Waals surface area contributed by atoms with Gasteiger partial charge in [0, 0.05) is 17.8 Å². The predicted octanol–water partition coefficient (Wildman–Crippen LogP) is 2.77. The molecule has 0 spiro atoms. The van der Waals surface area contributed by atoms with E-state index in [9.17, 15) is 0 Å². The Kier molecular flexibility index (Phi) is 3.12. The summed E-state index contributed by atoms with van der Waals surface area (Å²) in [5.74, 6) is 1.61. The van der Waals surface area contributed by atoms with E-state index in [-0.39, 0.29) is 0 Å². The van der Waals surface area contributed by atoms with Gasteiger partial charge in [0.25, 0.3) is 0 Å². The third-order valence-electron chi connectivity index (χ3n) is 1.35. The lowest BCUT2D eigenvalue weighted by Crippen LogP contribution is -1.90. The summed E-state index contributed by atoms with van der Waals surface area (Å²) in [5, 5.41) is 4.64. The molecule has 3 heteroatoms. The standard InChI is InChI=1S/C8H12BrNO/c1-6(2)3-8-4-7(5-9)10-11-8/h4,6H,3,5H2,1-2H3. The molecule has 0 aliphatic rings. The maximum Gasteiger partial charge on any atom is 0.137 e. The van der Waals surface area contributed by atoms with Crippen molar-refractivity contribution in [3.8, 4) is 0 Å². The van der Waals surface area contributed by atoms with E-state index >= 15 is 0 Å². The second-order valence-electron chi connectivity index (χ2n) is 3.02. The lowest BCUT2D eigenvalue weighted by atomic mass is 10.1. The van der Waals surface area contributed by atoms with Gasteiger partial charge in [0.15, 0.2) is 0 Å². The SMILES string of the molecule is CC(C)Cc1cc(CBr)no1. The largest absolute Gasteiger partial charge is 0.361 e. The fourth-order valence-corrected chi connectivity index (χ4v) is 1.18. The Balaban J connectivity index is 2.58. The predicted molar refractivity (Wildman–Crippen MR) is 47.7 cm³/mol. The molecule has 1 aromatic rings. The fraction of sp³-hybridized carbons (Fsp3) is 0.625. The third-order valence-corrected chi connectivity index (χ3v) is 1.93. The highest BCUT2D eigenvalue weighted by molar-refractivity contribution is 9.08. The fourth-order valence-electron chi connectivity index (χ4n) is 0.917. The maximum absolute atomic E-state index is 5.09. The topological polar surface area (TPSA) is 26.0 Å². The van der Waals surface area contributed by atoms with Gasteiger partial charge in [-0.05, 0) is 5.92 Å². The summed E-state index contributed by atoms with van der Waals surface area (Å²) >= 11 is 3.31. The zero-order chi connectivity index (χ0) is 8.27. The van der Waals surface area contributed by atoms with Gasteiger partial charge in [-0.2, -0.15) is 0 Å². The third kappa shape index (κ3) is 2.66. The van der Waals surface area contributed by atoms with Crippen molar-refractivity contribution in [1.29, 1.82) is 0 Å². The molecule has 0 aliphatic carbocycles. The van der Waals surface area contributed by atoms with Crippen LogP contribution in [0, 0.1) is 5.92 Å². The molecule has 2 nitrogen and oxygen atoms in total. The quantitative estimate of drug-likeness (QED) is 0.729. The van der Waals surface area contributed by atoms with Crippen molar-refractivity contribution in [2.45, 2.75) is 25.6 Å². The number of hydrogen-bond acceptors (Lipinski definition) is 2. The zero-order valence-corrected chi connectivity index (χ0v) is 8.39. The number of nitrogens with zero attached hydrogens (tertiary/aromatic N) is 1. The highest BCUT2D eigenvalue weighted by Crippen LogP contribution is 2.11. The van der Waals surface area contributed by atoms with E-state index < -0.39 is 0 Å². The highest BCUT2D eigenvalue weighted by atomic mass is 79.9. The first kappa shape index (κ1) is 8.78. The minimum atomic E-state index is 0.631. The normalized spacial score (nSPS) is 10.9. The number of alkyl halides is 1. The molecule has 0 bridgehead atoms. The summed E-state index contributed by atoms with van der Waals surface area (Å²) in [5.41, 5.74) is 0.973. The lowest BCUT2D eigenvalue weighted by molar-refractivity contribution is 0.365. The van der Waals surface area contributed by atoms with Gasteiger partial charge in [-0.3, -0.25) is 0 Å². The van der Waals surface area contributed by atoms with Gasteiger partial charge < -0.3 is 4.52 Å². The maximum atomic E-state index is 5.09. The van der Waals surface area contributed by atoms with Crippen LogP contribution in [0.15, 0.2) is 10.6 Å². The molecule has 0 aromatic carbocycles. The van der Waals surface area contributed by atoms with Crippen LogP contribution in [0.1, 0.15) is 25.3 Å². The van der Waals surface area contributed by atoms with Gasteiger partial charge in [0.1, 0.15) is 5.76 Å². The number of hydrogen-bond donors (Lipinski definition) is 0. The molecule has 11 heavy (non-hydrogen) atoms. The van der Waals surface area contributed by atoms with Crippen molar-refractivity contribution < 1.29 is 4.52 Å². The van der Waals surface area contributed by atoms with Crippen LogP contribution in [-0.2, 0) is 11.8 Å². The minimum absolute atomic E-state index is 0.631. The molecule has 0 amide bonds. The van der Waals surface area contributed by atoms with Gasteiger partial charge in [0.2, 0.25) is 0 Å². The molecule has 0 unspecified atom stereocenters. The van der Waals surface area contributed by atoms with Crippen LogP contribution < -0.4 is 0 Å². The summed E-state index contributed by atoms with van der Waals surface area (Å²) in [6.45, 7) is 4.33. The van der Waals surface area contributed by atoms with E-state index in [2.05, 4.69) is 34.9 Å². The van der Waals surface area contributed by atoms with Crippen molar-refractivity contribution in [1.82, 2.24) is 5.16 Å². The van der Waals surface area contributed by atoms with E-state index in [1.165, 1.54) is 0 Å². The second-order valence-corrected chi connectivity index (χ2v) is 3.58. The van der Waals surface area contributed by atoms with E-state index in [1.807, 2.05) is 6.07 Å². The minimum Gasteiger partial charge on any atom is -0.361 e. The van der Waals surface area contributed by atoms with Gasteiger partial charge in [0.05, 0.1) is 5.69 Å². The van der Waals surface area contributed by atoms with Crippen LogP contribution in [-0.4, -0.2) is 5.16 Å². The first-order valence-electron chi connectivity index (χ1n) is 3.72. The van der Waals surface area contributed by atoms with Crippen molar-refractivity contribution in [3.63, 3.8) is 0 Å². The van der Waals surface area contributed by atoms with E-state index in [0.29, 0.717) is 5.92 Å². The molecule has 1 heterocycles. The molecular weight excluding hydrogens is 206 g/mol. The molecule has 62 valence electrons. The molecule has 0 saturated heterocycles. The van der Waals surface area contributed by atoms with Crippen molar-refractivity contribution in [2.24, 2.45) is 5.92 Å². The smallest absolute Gasteiger partial charge is 0.137 e. The van der Waals surface area contributed by atoms with E-state index in [4.69, 9.17) is 4.52 Å². The van der Waals surface area contributed by atoms with Crippen LogP contribution in [0.25, 0.3) is 0 Å². The average molecular weight is 218 g/mol. The Labute approximate surface area is 75.1 Å². The Hall–Kier alpha value is -0.310. The lowest BCUT2D eigenvalue weighted by Gasteiger charge is -1.96. The van der Waals surface area contributed by atoms with Crippen LogP contribution in [0.5, 0.6) is 0 Å². The summed E-state index contributed by atoms with van der Waals surface area (Å²) in [6, 6.07) is 1.99. The first-order valence-corrected chi connectivity index (χ1v) is 4.85. The Bertz CT molecular complexity index is 220. The summed E-state index contributed by atoms with van der Waals surface area (Å²) in [7, 11) is 0. The summed E-state index contributed by atoms with van der Waals surface area (Å²) < 4.78 is 5.09. The number of rotatable bonds is 3. The molecule has 0 fully saturated rings. The monoisotopic (exact) mass is 217 g/mol. The van der Waals surface area contributed by atoms with Crippen LogP contribution in [0.4, 0.5) is 0 Å². The van der Waals surface area contributed by atoms with Crippen LogP contribution >= 0.6 is 15.9 Å². The Morgan fingerprint density at radius 3 is 2.82 bits per heavy atom. The van der Waals surface area contributed by atoms with Gasteiger partial charge in [-0.15, -0.1) is 0 Å². The average Bonchev–Trinajstić information content (AvgIpc) is 2.34. The van der Waals surface area contributed by atoms with Crippen molar-refractivity contribution >= 4 is 15.9 Å². The molecule has 0 saturated carbocycles. The Morgan fingerprint density at radius 2 is 2.36 bits per heavy atom. The summed E-state index contributed by atoms with van der Waals surface area (Å²) in [4.78, 5) is 0. The number of halogens is 1. The van der Waals surface area contributed by atoms with Crippen molar-refractivity contribution in [2.75, 3.05) is 0 Å². The zero-order valence-electron chi connectivity index (χ0n) is 6.80. The molecule has 0 radical (unpaired) electrons.